The van der Waals surface area contributed by atoms with Crippen LogP contribution in [-0.2, 0) is 16.2 Å². The molecule has 0 aliphatic carbocycles. The second kappa shape index (κ2) is 12.8. The fourth-order valence-corrected chi connectivity index (χ4v) is 3.58. The first kappa shape index (κ1) is 26.1. The van der Waals surface area contributed by atoms with Crippen molar-refractivity contribution in [2.45, 2.75) is 13.5 Å². The maximum absolute atomic E-state index is 12.1. The van der Waals surface area contributed by atoms with Crippen LogP contribution in [0.15, 0.2) is 70.2 Å². The van der Waals surface area contributed by atoms with Gasteiger partial charge in [0.2, 0.25) is 0 Å². The summed E-state index contributed by atoms with van der Waals surface area (Å²) in [5.74, 6) is -0.0997. The normalized spacial score (nSPS) is 10.6. The van der Waals surface area contributed by atoms with Gasteiger partial charge in [0.1, 0.15) is 12.4 Å². The summed E-state index contributed by atoms with van der Waals surface area (Å²) < 4.78 is 17.4. The van der Waals surface area contributed by atoms with Gasteiger partial charge >= 0.3 is 11.8 Å². The van der Waals surface area contributed by atoms with Crippen LogP contribution in [-0.4, -0.2) is 31.7 Å². The second-order valence-electron chi connectivity index (χ2n) is 7.06. The Hall–Kier alpha value is -3.56. The van der Waals surface area contributed by atoms with Gasteiger partial charge in [-0.25, -0.2) is 5.43 Å². The summed E-state index contributed by atoms with van der Waals surface area (Å²) in [7, 11) is 1.54. The van der Waals surface area contributed by atoms with E-state index in [2.05, 4.69) is 31.8 Å². The molecular weight excluding hydrogens is 538 g/mol. The van der Waals surface area contributed by atoms with Crippen molar-refractivity contribution >= 4 is 51.2 Å². The van der Waals surface area contributed by atoms with Crippen LogP contribution in [0.5, 0.6) is 17.2 Å². The molecule has 0 radical (unpaired) electrons. The van der Waals surface area contributed by atoms with Crippen LogP contribution in [0.2, 0.25) is 5.02 Å². The lowest BCUT2D eigenvalue weighted by molar-refractivity contribution is -0.136. The quantitative estimate of drug-likeness (QED) is 0.214. The van der Waals surface area contributed by atoms with E-state index < -0.39 is 11.8 Å². The molecule has 0 saturated heterocycles. The SMILES string of the molecule is CCOc1cc(/C=N/NC(=O)C(=O)Nc2ccc(OC)cc2)cc(Br)c1OCc1ccc(Cl)cc1. The van der Waals surface area contributed by atoms with Crippen LogP contribution in [0.1, 0.15) is 18.1 Å². The lowest BCUT2D eigenvalue weighted by Crippen LogP contribution is -2.32. The molecule has 0 aliphatic heterocycles. The summed E-state index contributed by atoms with van der Waals surface area (Å²) in [6.07, 6.45) is 1.40. The number of hydrazone groups is 1. The molecule has 0 saturated carbocycles. The van der Waals surface area contributed by atoms with E-state index in [1.54, 1.807) is 48.5 Å². The Balaban J connectivity index is 1.62. The van der Waals surface area contributed by atoms with Crippen molar-refractivity contribution in [1.82, 2.24) is 5.43 Å². The van der Waals surface area contributed by atoms with Crippen molar-refractivity contribution in [1.29, 1.82) is 0 Å². The lowest BCUT2D eigenvalue weighted by atomic mass is 10.2. The number of hydrogen-bond acceptors (Lipinski definition) is 6. The number of carbonyl (C=O) groups is 2. The van der Waals surface area contributed by atoms with Gasteiger partial charge in [-0.3, -0.25) is 9.59 Å². The summed E-state index contributed by atoms with van der Waals surface area (Å²) in [6, 6.07) is 17.4. The molecular formula is C25H23BrClN3O5. The first-order valence-corrected chi connectivity index (χ1v) is 11.7. The van der Waals surface area contributed by atoms with Crippen LogP contribution in [0.4, 0.5) is 5.69 Å². The molecule has 0 atom stereocenters. The molecule has 0 aromatic heterocycles. The maximum atomic E-state index is 12.1. The number of anilines is 1. The van der Waals surface area contributed by atoms with Crippen LogP contribution in [0.3, 0.4) is 0 Å². The molecule has 2 amide bonds. The molecule has 35 heavy (non-hydrogen) atoms. The van der Waals surface area contributed by atoms with E-state index >= 15 is 0 Å². The van der Waals surface area contributed by atoms with E-state index in [9.17, 15) is 9.59 Å². The van der Waals surface area contributed by atoms with E-state index in [0.29, 0.717) is 51.2 Å². The van der Waals surface area contributed by atoms with Crippen molar-refractivity contribution in [2.75, 3.05) is 19.0 Å². The van der Waals surface area contributed by atoms with Gasteiger partial charge in [-0.2, -0.15) is 5.10 Å². The van der Waals surface area contributed by atoms with Gasteiger partial charge in [0.05, 0.1) is 24.4 Å². The maximum Gasteiger partial charge on any atom is 0.329 e. The summed E-state index contributed by atoms with van der Waals surface area (Å²) in [4.78, 5) is 24.1. The first-order valence-electron chi connectivity index (χ1n) is 10.5. The highest BCUT2D eigenvalue weighted by Gasteiger charge is 2.14. The zero-order valence-corrected chi connectivity index (χ0v) is 21.4. The van der Waals surface area contributed by atoms with Gasteiger partial charge in [-0.05, 0) is 82.5 Å². The molecule has 3 aromatic carbocycles. The van der Waals surface area contributed by atoms with Gasteiger partial charge in [0, 0.05) is 10.7 Å². The van der Waals surface area contributed by atoms with Crippen LogP contribution in [0.25, 0.3) is 0 Å². The zero-order valence-electron chi connectivity index (χ0n) is 19.0. The molecule has 8 nitrogen and oxygen atoms in total. The number of nitrogens with one attached hydrogen (secondary N) is 2. The van der Waals surface area contributed by atoms with E-state index in [4.69, 9.17) is 25.8 Å². The Morgan fingerprint density at radius 2 is 1.74 bits per heavy atom. The van der Waals surface area contributed by atoms with Crippen LogP contribution >= 0.6 is 27.5 Å². The fraction of sp³-hybridized carbons (Fsp3) is 0.160. The molecule has 0 aliphatic rings. The molecule has 3 rings (SSSR count). The van der Waals surface area contributed by atoms with Crippen LogP contribution < -0.4 is 25.0 Å². The topological polar surface area (TPSA) is 98.2 Å². The molecule has 0 bridgehead atoms. The molecule has 182 valence electrons. The number of nitrogens with zero attached hydrogens (tertiary/aromatic N) is 1. The van der Waals surface area contributed by atoms with E-state index in [1.807, 2.05) is 19.1 Å². The van der Waals surface area contributed by atoms with Gasteiger partial charge in [0.25, 0.3) is 0 Å². The van der Waals surface area contributed by atoms with Crippen molar-refractivity contribution < 1.29 is 23.8 Å². The molecule has 10 heteroatoms. The zero-order chi connectivity index (χ0) is 25.2. The standard InChI is InChI=1S/C25H23BrClN3O5/c1-3-34-22-13-17(12-21(26)23(22)35-15-16-4-6-18(27)7-5-16)14-28-30-25(32)24(31)29-19-8-10-20(33-2)11-9-19/h4-14H,3,15H2,1-2H3,(H,29,31)(H,30,32)/b28-14+. The Bertz CT molecular complexity index is 1200. The molecule has 3 aromatic rings. The Morgan fingerprint density at radius 1 is 1.03 bits per heavy atom. The van der Waals surface area contributed by atoms with Gasteiger partial charge in [-0.1, -0.05) is 23.7 Å². The minimum absolute atomic E-state index is 0.322. The number of amides is 2. The summed E-state index contributed by atoms with van der Waals surface area (Å²) in [6.45, 7) is 2.61. The molecule has 0 fully saturated rings. The number of halogens is 2. The molecule has 2 N–H and O–H groups in total. The number of ether oxygens (including phenoxy) is 3. The van der Waals surface area contributed by atoms with Crippen molar-refractivity contribution in [3.05, 3.63) is 81.3 Å². The lowest BCUT2D eigenvalue weighted by Gasteiger charge is -2.14. The average molecular weight is 561 g/mol. The molecule has 0 unspecified atom stereocenters. The summed E-state index contributed by atoms with van der Waals surface area (Å²) >= 11 is 9.43. The number of rotatable bonds is 9. The third-order valence-electron chi connectivity index (χ3n) is 4.56. The third kappa shape index (κ3) is 7.73. The average Bonchev–Trinajstić information content (AvgIpc) is 2.85. The van der Waals surface area contributed by atoms with Gasteiger partial charge < -0.3 is 19.5 Å². The summed E-state index contributed by atoms with van der Waals surface area (Å²) in [5.41, 5.74) is 4.23. The third-order valence-corrected chi connectivity index (χ3v) is 5.40. The molecule has 0 heterocycles. The Labute approximate surface area is 216 Å². The smallest absolute Gasteiger partial charge is 0.329 e. The van der Waals surface area contributed by atoms with Crippen molar-refractivity contribution in [3.8, 4) is 17.2 Å². The highest BCUT2D eigenvalue weighted by Crippen LogP contribution is 2.37. The number of benzene rings is 3. The largest absolute Gasteiger partial charge is 0.497 e. The monoisotopic (exact) mass is 559 g/mol. The highest BCUT2D eigenvalue weighted by atomic mass is 79.9. The van der Waals surface area contributed by atoms with Crippen molar-refractivity contribution in [3.63, 3.8) is 0 Å². The minimum Gasteiger partial charge on any atom is -0.497 e. The predicted octanol–water partition coefficient (Wildman–Crippen LogP) is 5.18. The minimum atomic E-state index is -0.913. The van der Waals surface area contributed by atoms with Gasteiger partial charge in [-0.15, -0.1) is 0 Å². The highest BCUT2D eigenvalue weighted by molar-refractivity contribution is 9.10. The Morgan fingerprint density at radius 3 is 2.40 bits per heavy atom. The van der Waals surface area contributed by atoms with E-state index in [0.717, 1.165) is 5.56 Å². The number of carbonyl (C=O) groups excluding carboxylic acids is 2. The second-order valence-corrected chi connectivity index (χ2v) is 8.35. The Kier molecular flexibility index (Phi) is 9.51. The van der Waals surface area contributed by atoms with E-state index in [-0.39, 0.29) is 0 Å². The number of methoxy groups -OCH3 is 1. The predicted molar refractivity (Wildman–Crippen MR) is 138 cm³/mol. The van der Waals surface area contributed by atoms with Gasteiger partial charge in [0.15, 0.2) is 11.5 Å². The first-order chi connectivity index (χ1) is 16.9. The van der Waals surface area contributed by atoms with Crippen LogP contribution in [0, 0.1) is 0 Å². The molecule has 0 spiro atoms. The summed E-state index contributed by atoms with van der Waals surface area (Å²) in [5, 5.41) is 7.00. The fourth-order valence-electron chi connectivity index (χ4n) is 2.88. The number of hydrogen-bond donors (Lipinski definition) is 2. The van der Waals surface area contributed by atoms with Crippen molar-refractivity contribution in [2.24, 2.45) is 5.10 Å². The van der Waals surface area contributed by atoms with E-state index in [1.165, 1.54) is 13.3 Å².